The van der Waals surface area contributed by atoms with Crippen LogP contribution in [0.4, 0.5) is 4.39 Å². The molecule has 2 aromatic carbocycles. The average Bonchev–Trinajstić information content (AvgIpc) is 3.37. The molecule has 1 fully saturated rings. The van der Waals surface area contributed by atoms with Gasteiger partial charge >= 0.3 is 0 Å². The molecule has 0 saturated carbocycles. The maximum Gasteiger partial charge on any atom is 0.275 e. The number of piperazine rings is 1. The number of halogens is 1. The van der Waals surface area contributed by atoms with Crippen molar-refractivity contribution in [3.63, 3.8) is 0 Å². The molecule has 3 aromatic rings. The number of methoxy groups -OCH3 is 2. The van der Waals surface area contributed by atoms with E-state index in [-0.39, 0.29) is 11.7 Å². The topological polar surface area (TPSA) is 71.3 Å². The monoisotopic (exact) mass is 496 g/mol. The summed E-state index contributed by atoms with van der Waals surface area (Å²) in [6, 6.07) is 12.6. The lowest BCUT2D eigenvalue weighted by Gasteiger charge is -2.34. The molecule has 4 rings (SSSR count). The summed E-state index contributed by atoms with van der Waals surface area (Å²) >= 11 is 0. The van der Waals surface area contributed by atoms with E-state index in [1.807, 2.05) is 30.3 Å². The van der Waals surface area contributed by atoms with E-state index in [1.165, 1.54) is 12.3 Å². The number of benzene rings is 2. The predicted octanol–water partition coefficient (Wildman–Crippen LogP) is 3.46. The number of nitrogens with zero attached hydrogens (tertiary/aromatic N) is 4. The number of hydrogen-bond acceptors (Lipinski definition) is 7. The summed E-state index contributed by atoms with van der Waals surface area (Å²) in [7, 11) is 4.96. The molecule has 0 atom stereocenters. The zero-order chi connectivity index (χ0) is 25.5. The third-order valence-electron chi connectivity index (χ3n) is 6.48. The summed E-state index contributed by atoms with van der Waals surface area (Å²) in [6.07, 6.45) is 2.10. The van der Waals surface area contributed by atoms with Gasteiger partial charge in [0, 0.05) is 51.9 Å². The molecule has 0 unspecified atom stereocenters. The second kappa shape index (κ2) is 12.0. The van der Waals surface area contributed by atoms with Gasteiger partial charge in [-0.1, -0.05) is 24.3 Å². The van der Waals surface area contributed by atoms with Gasteiger partial charge in [0.2, 0.25) is 5.89 Å². The molecule has 0 radical (unpaired) electrons. The minimum Gasteiger partial charge on any atom is -0.493 e. The predicted molar refractivity (Wildman–Crippen MR) is 134 cm³/mol. The van der Waals surface area contributed by atoms with Gasteiger partial charge in [-0.15, -0.1) is 0 Å². The number of oxazole rings is 1. The van der Waals surface area contributed by atoms with Crippen molar-refractivity contribution in [2.75, 3.05) is 54.0 Å². The maximum absolute atomic E-state index is 13.9. The van der Waals surface area contributed by atoms with Gasteiger partial charge in [0.15, 0.2) is 17.2 Å². The van der Waals surface area contributed by atoms with Gasteiger partial charge in [-0.25, -0.2) is 9.37 Å². The summed E-state index contributed by atoms with van der Waals surface area (Å²) in [5.41, 5.74) is 2.07. The van der Waals surface area contributed by atoms with Gasteiger partial charge in [-0.3, -0.25) is 14.6 Å². The Morgan fingerprint density at radius 3 is 2.42 bits per heavy atom. The van der Waals surface area contributed by atoms with Crippen molar-refractivity contribution in [2.24, 2.45) is 0 Å². The van der Waals surface area contributed by atoms with E-state index in [2.05, 4.69) is 14.8 Å². The summed E-state index contributed by atoms with van der Waals surface area (Å²) in [4.78, 5) is 23.4. The zero-order valence-corrected chi connectivity index (χ0v) is 21.1. The van der Waals surface area contributed by atoms with Crippen molar-refractivity contribution in [2.45, 2.75) is 19.5 Å². The summed E-state index contributed by atoms with van der Waals surface area (Å²) < 4.78 is 30.2. The lowest BCUT2D eigenvalue weighted by Crippen LogP contribution is -2.45. The quantitative estimate of drug-likeness (QED) is 0.426. The smallest absolute Gasteiger partial charge is 0.275 e. The number of rotatable bonds is 10. The minimum atomic E-state index is -0.180. The summed E-state index contributed by atoms with van der Waals surface area (Å²) in [6.45, 7) is 4.99. The molecular formula is C27H33FN4O4. The standard InChI is InChI=1S/C27H33FN4O4/c1-30(11-10-20-8-9-24(34-2)25(16-20)35-3)27(33)23-19-36-26(29-23)18-32-14-12-31(13-15-32)17-21-6-4-5-7-22(21)28/h4-9,16,19H,10-15,17-18H2,1-3H3. The number of amides is 1. The van der Waals surface area contributed by atoms with Crippen LogP contribution < -0.4 is 9.47 Å². The number of ether oxygens (including phenoxy) is 2. The fourth-order valence-corrected chi connectivity index (χ4v) is 4.28. The fourth-order valence-electron chi connectivity index (χ4n) is 4.28. The number of aromatic nitrogens is 1. The molecule has 36 heavy (non-hydrogen) atoms. The van der Waals surface area contributed by atoms with Crippen molar-refractivity contribution >= 4 is 5.91 Å². The Labute approximate surface area is 211 Å². The first-order valence-electron chi connectivity index (χ1n) is 12.1. The van der Waals surface area contributed by atoms with Crippen molar-refractivity contribution in [1.29, 1.82) is 0 Å². The third-order valence-corrected chi connectivity index (χ3v) is 6.48. The maximum atomic E-state index is 13.9. The van der Waals surface area contributed by atoms with E-state index in [9.17, 15) is 9.18 Å². The van der Waals surface area contributed by atoms with E-state index in [0.717, 1.165) is 37.3 Å². The highest BCUT2D eigenvalue weighted by atomic mass is 19.1. The van der Waals surface area contributed by atoms with E-state index in [0.29, 0.717) is 49.1 Å². The summed E-state index contributed by atoms with van der Waals surface area (Å²) in [5.74, 6) is 1.52. The van der Waals surface area contributed by atoms with Crippen molar-refractivity contribution < 1.29 is 23.1 Å². The molecule has 0 bridgehead atoms. The number of carbonyl (C=O) groups is 1. The molecule has 0 N–H and O–H groups in total. The van der Waals surface area contributed by atoms with E-state index < -0.39 is 0 Å². The number of likely N-dealkylation sites (N-methyl/N-ethyl adjacent to an activating group) is 1. The fraction of sp³-hybridized carbons (Fsp3) is 0.407. The van der Waals surface area contributed by atoms with Gasteiger partial charge in [0.25, 0.3) is 5.91 Å². The van der Waals surface area contributed by atoms with Crippen LogP contribution in [-0.4, -0.2) is 79.6 Å². The minimum absolute atomic E-state index is 0.161. The zero-order valence-electron chi connectivity index (χ0n) is 21.1. The first kappa shape index (κ1) is 25.7. The van der Waals surface area contributed by atoms with E-state index >= 15 is 0 Å². The van der Waals surface area contributed by atoms with Crippen LogP contribution in [0, 0.1) is 5.82 Å². The molecule has 0 aliphatic carbocycles. The highest BCUT2D eigenvalue weighted by Crippen LogP contribution is 2.27. The Balaban J connectivity index is 1.24. The van der Waals surface area contributed by atoms with Gasteiger partial charge in [0.1, 0.15) is 12.1 Å². The SMILES string of the molecule is COc1ccc(CCN(C)C(=O)c2coc(CN3CCN(Cc4ccccc4F)CC3)n2)cc1OC. The lowest BCUT2D eigenvalue weighted by atomic mass is 10.1. The molecule has 2 heterocycles. The molecule has 8 nitrogen and oxygen atoms in total. The molecule has 1 aliphatic rings. The van der Waals surface area contributed by atoms with E-state index in [1.54, 1.807) is 32.2 Å². The Kier molecular flexibility index (Phi) is 8.56. The molecule has 1 aliphatic heterocycles. The molecule has 0 spiro atoms. The number of carbonyl (C=O) groups excluding carboxylic acids is 1. The largest absolute Gasteiger partial charge is 0.493 e. The molecule has 192 valence electrons. The van der Waals surface area contributed by atoms with Gasteiger partial charge in [-0.2, -0.15) is 0 Å². The third kappa shape index (κ3) is 6.41. The second-order valence-corrected chi connectivity index (χ2v) is 8.94. The van der Waals surface area contributed by atoms with Crippen molar-refractivity contribution in [1.82, 2.24) is 19.7 Å². The lowest BCUT2D eigenvalue weighted by molar-refractivity contribution is 0.0790. The Hall–Kier alpha value is -3.43. The van der Waals surface area contributed by atoms with Gasteiger partial charge in [0.05, 0.1) is 20.8 Å². The second-order valence-electron chi connectivity index (χ2n) is 8.94. The highest BCUT2D eigenvalue weighted by Gasteiger charge is 2.22. The normalized spacial score (nSPS) is 14.6. The van der Waals surface area contributed by atoms with Crippen molar-refractivity contribution in [3.8, 4) is 11.5 Å². The van der Waals surface area contributed by atoms with Crippen LogP contribution in [0.2, 0.25) is 0 Å². The first-order chi connectivity index (χ1) is 17.5. The van der Waals surface area contributed by atoms with Crippen LogP contribution in [0.25, 0.3) is 0 Å². The van der Waals surface area contributed by atoms with Gasteiger partial charge < -0.3 is 18.8 Å². The first-order valence-corrected chi connectivity index (χ1v) is 12.1. The van der Waals surface area contributed by atoms with Crippen LogP contribution in [0.5, 0.6) is 11.5 Å². The van der Waals surface area contributed by atoms with Crippen LogP contribution in [0.3, 0.4) is 0 Å². The summed E-state index contributed by atoms with van der Waals surface area (Å²) in [5, 5.41) is 0. The molecular weight excluding hydrogens is 463 g/mol. The van der Waals surface area contributed by atoms with Crippen molar-refractivity contribution in [3.05, 3.63) is 77.3 Å². The molecule has 1 aromatic heterocycles. The average molecular weight is 497 g/mol. The Morgan fingerprint density at radius 1 is 1.03 bits per heavy atom. The van der Waals surface area contributed by atoms with Gasteiger partial charge in [-0.05, 0) is 30.2 Å². The molecule has 1 amide bonds. The van der Waals surface area contributed by atoms with Crippen LogP contribution >= 0.6 is 0 Å². The van der Waals surface area contributed by atoms with E-state index in [4.69, 9.17) is 13.9 Å². The van der Waals surface area contributed by atoms with Crippen LogP contribution in [0.1, 0.15) is 27.5 Å². The number of hydrogen-bond donors (Lipinski definition) is 0. The van der Waals surface area contributed by atoms with Crippen LogP contribution in [0.15, 0.2) is 53.1 Å². The Bertz CT molecular complexity index is 1160. The highest BCUT2D eigenvalue weighted by molar-refractivity contribution is 5.91. The molecule has 9 heteroatoms. The van der Waals surface area contributed by atoms with Crippen LogP contribution in [-0.2, 0) is 19.5 Å². The molecule has 1 saturated heterocycles. The Morgan fingerprint density at radius 2 is 1.72 bits per heavy atom.